The van der Waals surface area contributed by atoms with Crippen LogP contribution in [0.25, 0.3) is 16.6 Å². The van der Waals surface area contributed by atoms with E-state index < -0.39 is 0 Å². The van der Waals surface area contributed by atoms with Crippen LogP contribution in [0, 0.1) is 6.92 Å². The van der Waals surface area contributed by atoms with Gasteiger partial charge in [0.2, 0.25) is 0 Å². The van der Waals surface area contributed by atoms with Gasteiger partial charge in [-0.25, -0.2) is 0 Å². The Kier molecular flexibility index (Phi) is 3.86. The Morgan fingerprint density at radius 3 is 2.79 bits per heavy atom. The van der Waals surface area contributed by atoms with Crippen molar-refractivity contribution >= 4 is 28.3 Å². The Hall–Kier alpha value is -2.53. The first-order valence-corrected chi connectivity index (χ1v) is 8.74. The van der Waals surface area contributed by atoms with E-state index in [4.69, 9.17) is 4.74 Å². The lowest BCUT2D eigenvalue weighted by Gasteiger charge is -2.07. The van der Waals surface area contributed by atoms with Crippen LogP contribution >= 0.6 is 11.8 Å². The molecule has 0 bridgehead atoms. The molecule has 0 saturated heterocycles. The van der Waals surface area contributed by atoms with Crippen LogP contribution in [0.3, 0.4) is 0 Å². The minimum Gasteiger partial charge on any atom is -0.497 e. The normalized spacial score (nSPS) is 11.2. The molecule has 0 N–H and O–H groups in total. The Morgan fingerprint density at radius 1 is 1.04 bits per heavy atom. The maximum absolute atomic E-state index is 5.29. The molecule has 2 heterocycles. The number of ether oxygens (including phenoxy) is 1. The fourth-order valence-corrected chi connectivity index (χ4v) is 3.77. The Bertz CT molecular complexity index is 1030. The van der Waals surface area contributed by atoms with E-state index in [0.29, 0.717) is 0 Å². The molecule has 2 aromatic heterocycles. The molecule has 4 rings (SSSR count). The van der Waals surface area contributed by atoms with Gasteiger partial charge in [-0.3, -0.25) is 4.40 Å². The summed E-state index contributed by atoms with van der Waals surface area (Å²) in [6.45, 7) is 2.11. The van der Waals surface area contributed by atoms with Crippen molar-refractivity contribution in [2.24, 2.45) is 0 Å². The second-order valence-electron chi connectivity index (χ2n) is 5.66. The molecule has 0 atom stereocenters. The first-order chi connectivity index (χ1) is 11.8. The van der Waals surface area contributed by atoms with E-state index in [-0.39, 0.29) is 0 Å². The van der Waals surface area contributed by atoms with E-state index in [1.165, 1.54) is 16.5 Å². The second-order valence-corrected chi connectivity index (χ2v) is 6.60. The smallest absolute Gasteiger partial charge is 0.196 e. The van der Waals surface area contributed by atoms with Gasteiger partial charge in [0.15, 0.2) is 10.8 Å². The molecule has 5 heteroatoms. The zero-order chi connectivity index (χ0) is 16.5. The van der Waals surface area contributed by atoms with E-state index in [1.54, 1.807) is 18.9 Å². The maximum Gasteiger partial charge on any atom is 0.196 e. The van der Waals surface area contributed by atoms with Crippen LogP contribution in [0.1, 0.15) is 11.1 Å². The van der Waals surface area contributed by atoms with Gasteiger partial charge in [-0.05, 0) is 42.3 Å². The Balaban J connectivity index is 1.73. The van der Waals surface area contributed by atoms with E-state index in [2.05, 4.69) is 64.0 Å². The summed E-state index contributed by atoms with van der Waals surface area (Å²) < 4.78 is 7.42. The molecule has 24 heavy (non-hydrogen) atoms. The van der Waals surface area contributed by atoms with Crippen molar-refractivity contribution in [3.05, 3.63) is 65.7 Å². The number of nitrogens with zero attached hydrogens (tertiary/aromatic N) is 3. The van der Waals surface area contributed by atoms with E-state index in [9.17, 15) is 0 Å². The number of fused-ring (bicyclic) bond motifs is 3. The molecule has 0 amide bonds. The molecule has 0 aliphatic carbocycles. The molecule has 0 aliphatic rings. The fourth-order valence-electron chi connectivity index (χ4n) is 2.88. The van der Waals surface area contributed by atoms with Gasteiger partial charge >= 0.3 is 0 Å². The number of aryl methyl sites for hydroxylation is 1. The molecule has 0 unspecified atom stereocenters. The van der Waals surface area contributed by atoms with Crippen molar-refractivity contribution in [2.75, 3.05) is 7.11 Å². The minimum atomic E-state index is 0.820. The number of rotatable bonds is 4. The molecule has 4 aromatic rings. The van der Waals surface area contributed by atoms with Crippen molar-refractivity contribution in [3.63, 3.8) is 0 Å². The SMILES string of the molecule is COc1cccc(CSc2nnc3cc(C)c4ccccc4n23)c1. The van der Waals surface area contributed by atoms with Gasteiger partial charge in [-0.1, -0.05) is 42.1 Å². The number of pyridine rings is 1. The van der Waals surface area contributed by atoms with Crippen LogP contribution in [-0.4, -0.2) is 21.7 Å². The monoisotopic (exact) mass is 335 g/mol. The summed E-state index contributed by atoms with van der Waals surface area (Å²) in [4.78, 5) is 0. The van der Waals surface area contributed by atoms with E-state index in [0.717, 1.165) is 27.8 Å². The number of hydrogen-bond acceptors (Lipinski definition) is 4. The van der Waals surface area contributed by atoms with Gasteiger partial charge in [0.05, 0.1) is 12.6 Å². The van der Waals surface area contributed by atoms with E-state index >= 15 is 0 Å². The Labute approximate surface area is 144 Å². The van der Waals surface area contributed by atoms with Crippen molar-refractivity contribution in [1.29, 1.82) is 0 Å². The highest BCUT2D eigenvalue weighted by Gasteiger charge is 2.11. The summed E-state index contributed by atoms with van der Waals surface area (Å²) in [7, 11) is 1.69. The number of thioether (sulfide) groups is 1. The lowest BCUT2D eigenvalue weighted by molar-refractivity contribution is 0.414. The molecule has 0 spiro atoms. The van der Waals surface area contributed by atoms with Crippen molar-refractivity contribution in [3.8, 4) is 5.75 Å². The third-order valence-electron chi connectivity index (χ3n) is 4.08. The van der Waals surface area contributed by atoms with Crippen LogP contribution in [-0.2, 0) is 5.75 Å². The lowest BCUT2D eigenvalue weighted by atomic mass is 10.1. The predicted octanol–water partition coefficient (Wildman–Crippen LogP) is 4.49. The van der Waals surface area contributed by atoms with Gasteiger partial charge in [0.25, 0.3) is 0 Å². The quantitative estimate of drug-likeness (QED) is 0.515. The maximum atomic E-state index is 5.29. The first kappa shape index (κ1) is 15.0. The standard InChI is InChI=1S/C19H17N3OS/c1-13-10-18-20-21-19(22(18)17-9-4-3-8-16(13)17)24-12-14-6-5-7-15(11-14)23-2/h3-11H,12H2,1-2H3. The summed E-state index contributed by atoms with van der Waals surface area (Å²) in [5.74, 6) is 1.69. The minimum absolute atomic E-state index is 0.820. The molecule has 0 aliphatic heterocycles. The number of benzene rings is 2. The highest BCUT2D eigenvalue weighted by Crippen LogP contribution is 2.28. The third kappa shape index (κ3) is 2.61. The van der Waals surface area contributed by atoms with Crippen LogP contribution in [0.5, 0.6) is 5.75 Å². The summed E-state index contributed by atoms with van der Waals surface area (Å²) in [5, 5.41) is 10.9. The van der Waals surface area contributed by atoms with Gasteiger partial charge in [0, 0.05) is 11.1 Å². The number of para-hydroxylation sites is 1. The van der Waals surface area contributed by atoms with Crippen molar-refractivity contribution in [1.82, 2.24) is 14.6 Å². The fraction of sp³-hybridized carbons (Fsp3) is 0.158. The highest BCUT2D eigenvalue weighted by molar-refractivity contribution is 7.98. The van der Waals surface area contributed by atoms with E-state index in [1.807, 2.05) is 12.1 Å². The van der Waals surface area contributed by atoms with Crippen LogP contribution in [0.15, 0.2) is 59.8 Å². The third-order valence-corrected chi connectivity index (χ3v) is 5.08. The average Bonchev–Trinajstić information content (AvgIpc) is 3.03. The molecule has 0 saturated carbocycles. The largest absolute Gasteiger partial charge is 0.497 e. The molecule has 120 valence electrons. The molecular formula is C19H17N3OS. The summed E-state index contributed by atoms with van der Waals surface area (Å²) >= 11 is 1.68. The number of methoxy groups -OCH3 is 1. The number of aromatic nitrogens is 3. The zero-order valence-electron chi connectivity index (χ0n) is 13.6. The Morgan fingerprint density at radius 2 is 1.92 bits per heavy atom. The second kappa shape index (κ2) is 6.17. The van der Waals surface area contributed by atoms with Crippen LogP contribution < -0.4 is 4.74 Å². The van der Waals surface area contributed by atoms with Crippen LogP contribution in [0.4, 0.5) is 0 Å². The topological polar surface area (TPSA) is 39.4 Å². The van der Waals surface area contributed by atoms with Gasteiger partial charge in [-0.2, -0.15) is 0 Å². The predicted molar refractivity (Wildman–Crippen MR) is 97.8 cm³/mol. The van der Waals surface area contributed by atoms with Crippen molar-refractivity contribution < 1.29 is 4.74 Å². The van der Waals surface area contributed by atoms with Gasteiger partial charge < -0.3 is 4.74 Å². The molecule has 4 nitrogen and oxygen atoms in total. The molecule has 2 aromatic carbocycles. The molecule has 0 fully saturated rings. The van der Waals surface area contributed by atoms with Crippen molar-refractivity contribution in [2.45, 2.75) is 17.8 Å². The molecule has 0 radical (unpaired) electrons. The zero-order valence-corrected chi connectivity index (χ0v) is 14.4. The lowest BCUT2D eigenvalue weighted by Crippen LogP contribution is -1.93. The summed E-state index contributed by atoms with van der Waals surface area (Å²) in [5.41, 5.74) is 4.45. The highest BCUT2D eigenvalue weighted by atomic mass is 32.2. The first-order valence-electron chi connectivity index (χ1n) is 7.75. The van der Waals surface area contributed by atoms with Crippen LogP contribution in [0.2, 0.25) is 0 Å². The summed E-state index contributed by atoms with van der Waals surface area (Å²) in [6, 6.07) is 18.6. The van der Waals surface area contributed by atoms with Gasteiger partial charge in [-0.15, -0.1) is 10.2 Å². The van der Waals surface area contributed by atoms with Gasteiger partial charge in [0.1, 0.15) is 5.75 Å². The summed E-state index contributed by atoms with van der Waals surface area (Å²) in [6.07, 6.45) is 0. The number of hydrogen-bond donors (Lipinski definition) is 0. The average molecular weight is 335 g/mol. The molecular weight excluding hydrogens is 318 g/mol.